The van der Waals surface area contributed by atoms with Crippen LogP contribution >= 0.6 is 0 Å². The highest BCUT2D eigenvalue weighted by atomic mass is 16.5. The molecule has 0 fully saturated rings. The molecule has 0 aliphatic heterocycles. The predicted molar refractivity (Wildman–Crippen MR) is 68.4 cm³/mol. The van der Waals surface area contributed by atoms with E-state index in [0.29, 0.717) is 6.61 Å². The predicted octanol–water partition coefficient (Wildman–Crippen LogP) is 4.25. The summed E-state index contributed by atoms with van der Waals surface area (Å²) in [5, 5.41) is 0. The van der Waals surface area contributed by atoms with Crippen LogP contribution in [0.3, 0.4) is 0 Å². The largest absolute Gasteiger partial charge is 0.466 e. The Morgan fingerprint density at radius 3 is 2.19 bits per heavy atom. The number of allylic oxidation sites excluding steroid dienone is 2. The molecule has 0 rings (SSSR count). The average Bonchev–Trinajstić information content (AvgIpc) is 2.25. The van der Waals surface area contributed by atoms with E-state index in [2.05, 4.69) is 19.1 Å². The second kappa shape index (κ2) is 12.3. The minimum atomic E-state index is -0.171. The van der Waals surface area contributed by atoms with E-state index in [1.807, 2.05) is 0 Å². The summed E-state index contributed by atoms with van der Waals surface area (Å²) in [6, 6.07) is 0. The van der Waals surface area contributed by atoms with E-state index >= 15 is 0 Å². The van der Waals surface area contributed by atoms with Gasteiger partial charge in [0.1, 0.15) is 0 Å². The molecule has 0 saturated heterocycles. The Hall–Kier alpha value is -0.790. The van der Waals surface area contributed by atoms with Gasteiger partial charge in [0.25, 0.3) is 0 Å². The molecule has 0 aliphatic carbocycles. The van der Waals surface area contributed by atoms with Gasteiger partial charge in [0.15, 0.2) is 0 Å². The van der Waals surface area contributed by atoms with Gasteiger partial charge in [-0.2, -0.15) is 0 Å². The highest BCUT2D eigenvalue weighted by Gasteiger charge is 1.92. The Bertz CT molecular complexity index is 185. The molecule has 2 nitrogen and oxygen atoms in total. The lowest BCUT2D eigenvalue weighted by Crippen LogP contribution is -1.99. The van der Waals surface area contributed by atoms with Crippen LogP contribution in [0.4, 0.5) is 0 Å². The highest BCUT2D eigenvalue weighted by molar-refractivity contribution is 5.65. The molecule has 16 heavy (non-hydrogen) atoms. The molecule has 0 bridgehead atoms. The Balaban J connectivity index is 3.05. The number of unbranched alkanes of at least 4 members (excludes halogenated alkanes) is 6. The molecule has 0 aromatic rings. The summed E-state index contributed by atoms with van der Waals surface area (Å²) in [4.78, 5) is 10.5. The molecule has 0 aromatic carbocycles. The lowest BCUT2D eigenvalue weighted by Gasteiger charge is -2.00. The Morgan fingerprint density at radius 1 is 1.00 bits per heavy atom. The lowest BCUT2D eigenvalue weighted by molar-refractivity contribution is -0.141. The second-order valence-electron chi connectivity index (χ2n) is 4.16. The topological polar surface area (TPSA) is 26.3 Å². The van der Waals surface area contributed by atoms with Crippen molar-refractivity contribution in [2.45, 2.75) is 65.2 Å². The molecule has 0 unspecified atom stereocenters. The van der Waals surface area contributed by atoms with Crippen molar-refractivity contribution >= 4 is 5.97 Å². The van der Waals surface area contributed by atoms with Gasteiger partial charge < -0.3 is 4.74 Å². The van der Waals surface area contributed by atoms with Crippen LogP contribution in [0.1, 0.15) is 65.2 Å². The normalized spacial score (nSPS) is 10.9. The van der Waals surface area contributed by atoms with Crippen molar-refractivity contribution in [1.82, 2.24) is 0 Å². The van der Waals surface area contributed by atoms with Gasteiger partial charge in [-0.3, -0.25) is 4.79 Å². The molecule has 0 heterocycles. The number of hydrogen-bond donors (Lipinski definition) is 0. The molecule has 0 aliphatic rings. The number of carbonyl (C=O) groups excluding carboxylic acids is 1. The zero-order valence-electron chi connectivity index (χ0n) is 10.8. The Morgan fingerprint density at radius 2 is 1.62 bits per heavy atom. The van der Waals surface area contributed by atoms with Crippen LogP contribution < -0.4 is 0 Å². The van der Waals surface area contributed by atoms with E-state index in [-0.39, 0.29) is 5.97 Å². The molecule has 94 valence electrons. The molecule has 0 aromatic heterocycles. The first-order chi connectivity index (χ1) is 7.77. The van der Waals surface area contributed by atoms with Gasteiger partial charge >= 0.3 is 5.97 Å². The van der Waals surface area contributed by atoms with Crippen LogP contribution in [0.15, 0.2) is 12.2 Å². The zero-order valence-corrected chi connectivity index (χ0v) is 10.8. The lowest BCUT2D eigenvalue weighted by atomic mass is 10.1. The van der Waals surface area contributed by atoms with Crippen molar-refractivity contribution in [3.63, 3.8) is 0 Å². The van der Waals surface area contributed by atoms with Crippen LogP contribution in [-0.2, 0) is 9.53 Å². The smallest absolute Gasteiger partial charge is 0.302 e. The van der Waals surface area contributed by atoms with Crippen LogP contribution in [0.5, 0.6) is 0 Å². The summed E-state index contributed by atoms with van der Waals surface area (Å²) < 4.78 is 4.86. The van der Waals surface area contributed by atoms with E-state index in [1.165, 1.54) is 39.0 Å². The SMILES string of the molecule is CCCCC/C=C/CCCCCOC(C)=O. The van der Waals surface area contributed by atoms with Gasteiger partial charge in [0.05, 0.1) is 6.61 Å². The average molecular weight is 226 g/mol. The second-order valence-corrected chi connectivity index (χ2v) is 4.16. The van der Waals surface area contributed by atoms with Gasteiger partial charge in [-0.05, 0) is 38.5 Å². The molecular formula is C14H26O2. The van der Waals surface area contributed by atoms with Gasteiger partial charge in [-0.25, -0.2) is 0 Å². The summed E-state index contributed by atoms with van der Waals surface area (Å²) in [5.41, 5.74) is 0. The number of hydrogen-bond acceptors (Lipinski definition) is 2. The van der Waals surface area contributed by atoms with Crippen molar-refractivity contribution in [3.05, 3.63) is 12.2 Å². The molecule has 0 atom stereocenters. The fourth-order valence-corrected chi connectivity index (χ4v) is 1.50. The standard InChI is InChI=1S/C14H26O2/c1-3-4-5-6-7-8-9-10-11-12-13-16-14(2)15/h7-8H,3-6,9-13H2,1-2H3/b8-7+. The van der Waals surface area contributed by atoms with Crippen molar-refractivity contribution in [3.8, 4) is 0 Å². The number of rotatable bonds is 10. The van der Waals surface area contributed by atoms with Gasteiger partial charge in [-0.1, -0.05) is 31.9 Å². The third kappa shape index (κ3) is 13.2. The first kappa shape index (κ1) is 15.2. The number of ether oxygens (including phenoxy) is 1. The maximum Gasteiger partial charge on any atom is 0.302 e. The van der Waals surface area contributed by atoms with Crippen LogP contribution in [-0.4, -0.2) is 12.6 Å². The Kier molecular flexibility index (Phi) is 11.7. The zero-order chi connectivity index (χ0) is 12.1. The van der Waals surface area contributed by atoms with Crippen molar-refractivity contribution in [1.29, 1.82) is 0 Å². The van der Waals surface area contributed by atoms with E-state index in [4.69, 9.17) is 4.74 Å². The minimum Gasteiger partial charge on any atom is -0.466 e. The van der Waals surface area contributed by atoms with Gasteiger partial charge in [0.2, 0.25) is 0 Å². The van der Waals surface area contributed by atoms with Crippen LogP contribution in [0.2, 0.25) is 0 Å². The van der Waals surface area contributed by atoms with Gasteiger partial charge in [0, 0.05) is 6.92 Å². The Labute approximate surface area is 100 Å². The summed E-state index contributed by atoms with van der Waals surface area (Å²) in [7, 11) is 0. The van der Waals surface area contributed by atoms with E-state index in [9.17, 15) is 4.79 Å². The third-order valence-electron chi connectivity index (χ3n) is 2.46. The van der Waals surface area contributed by atoms with E-state index in [0.717, 1.165) is 19.3 Å². The molecule has 2 heteroatoms. The quantitative estimate of drug-likeness (QED) is 0.316. The first-order valence-corrected chi connectivity index (χ1v) is 6.55. The van der Waals surface area contributed by atoms with Crippen molar-refractivity contribution < 1.29 is 9.53 Å². The van der Waals surface area contributed by atoms with Crippen LogP contribution in [0, 0.1) is 0 Å². The van der Waals surface area contributed by atoms with Crippen LogP contribution in [0.25, 0.3) is 0 Å². The van der Waals surface area contributed by atoms with E-state index in [1.54, 1.807) is 0 Å². The van der Waals surface area contributed by atoms with Crippen molar-refractivity contribution in [2.24, 2.45) is 0 Å². The minimum absolute atomic E-state index is 0.171. The molecule has 0 N–H and O–H groups in total. The summed E-state index contributed by atoms with van der Waals surface area (Å²) in [6.07, 6.45) is 14.2. The molecule has 0 radical (unpaired) electrons. The van der Waals surface area contributed by atoms with E-state index < -0.39 is 0 Å². The fourth-order valence-electron chi connectivity index (χ4n) is 1.50. The monoisotopic (exact) mass is 226 g/mol. The summed E-state index contributed by atoms with van der Waals surface area (Å²) in [6.45, 7) is 4.27. The first-order valence-electron chi connectivity index (χ1n) is 6.55. The molecule has 0 amide bonds. The number of esters is 1. The maximum absolute atomic E-state index is 10.5. The highest BCUT2D eigenvalue weighted by Crippen LogP contribution is 2.04. The maximum atomic E-state index is 10.5. The molecule has 0 saturated carbocycles. The third-order valence-corrected chi connectivity index (χ3v) is 2.46. The molecular weight excluding hydrogens is 200 g/mol. The van der Waals surface area contributed by atoms with Crippen molar-refractivity contribution in [2.75, 3.05) is 6.61 Å². The molecule has 0 spiro atoms. The van der Waals surface area contributed by atoms with Gasteiger partial charge in [-0.15, -0.1) is 0 Å². The number of carbonyl (C=O) groups is 1. The summed E-state index contributed by atoms with van der Waals surface area (Å²) >= 11 is 0. The fraction of sp³-hybridized carbons (Fsp3) is 0.786. The summed E-state index contributed by atoms with van der Waals surface area (Å²) in [5.74, 6) is -0.171.